The molecule has 5 heteroatoms. The Morgan fingerprint density at radius 3 is 2.03 bits per heavy atom. The largest absolute Gasteiger partial charge is 0.369 e. The van der Waals surface area contributed by atoms with Crippen LogP contribution in [0.3, 0.4) is 0 Å². The predicted molar refractivity (Wildman–Crippen MR) is 131 cm³/mol. The number of anilines is 2. The summed E-state index contributed by atoms with van der Waals surface area (Å²) < 4.78 is 0. The van der Waals surface area contributed by atoms with Crippen molar-refractivity contribution < 1.29 is 0 Å². The summed E-state index contributed by atoms with van der Waals surface area (Å²) >= 11 is 1.65. The van der Waals surface area contributed by atoms with Gasteiger partial charge in [-0.15, -0.1) is 11.3 Å². The first kappa shape index (κ1) is 19.8. The number of rotatable bonds is 6. The molecule has 0 saturated carbocycles. The van der Waals surface area contributed by atoms with E-state index in [2.05, 4.69) is 106 Å². The van der Waals surface area contributed by atoms with Crippen molar-refractivity contribution in [2.24, 2.45) is 0 Å². The lowest BCUT2D eigenvalue weighted by atomic mass is 9.99. The van der Waals surface area contributed by atoms with Crippen LogP contribution < -0.4 is 15.5 Å². The van der Waals surface area contributed by atoms with Crippen LogP contribution in [0.5, 0.6) is 0 Å². The molecule has 1 saturated heterocycles. The molecule has 2 heterocycles. The Morgan fingerprint density at radius 1 is 0.806 bits per heavy atom. The van der Waals surface area contributed by atoms with Crippen LogP contribution in [0.1, 0.15) is 17.2 Å². The van der Waals surface area contributed by atoms with Crippen LogP contribution in [-0.4, -0.2) is 31.2 Å². The quantitative estimate of drug-likeness (QED) is 0.432. The topological polar surface area (TPSA) is 40.2 Å². The fourth-order valence-electron chi connectivity index (χ4n) is 4.01. The van der Waals surface area contributed by atoms with Crippen LogP contribution in [-0.2, 0) is 0 Å². The zero-order valence-electron chi connectivity index (χ0n) is 17.4. The van der Waals surface area contributed by atoms with E-state index in [1.807, 2.05) is 0 Å². The molecule has 0 atom stereocenters. The highest BCUT2D eigenvalue weighted by atomic mass is 32.1. The van der Waals surface area contributed by atoms with Crippen LogP contribution in [0.25, 0.3) is 11.3 Å². The van der Waals surface area contributed by atoms with Gasteiger partial charge in [0.25, 0.3) is 0 Å². The standard InChI is InChI=1S/C26H26N4S/c1-3-7-21(8-4-1)25(22-9-5-2-6-10-22)29-26-28-24(19-31-26)20-11-13-23(14-12-20)30-17-15-27-16-18-30/h1-14,19,25,27H,15-18H2,(H,28,29). The van der Waals surface area contributed by atoms with E-state index in [1.165, 1.54) is 16.8 Å². The first-order chi connectivity index (χ1) is 15.4. The maximum absolute atomic E-state index is 4.90. The molecular formula is C26H26N4S. The van der Waals surface area contributed by atoms with Gasteiger partial charge in [-0.05, 0) is 23.3 Å². The molecule has 1 aliphatic rings. The van der Waals surface area contributed by atoms with Crippen molar-refractivity contribution in [3.63, 3.8) is 0 Å². The average Bonchev–Trinajstić information content (AvgIpc) is 3.33. The molecule has 0 aliphatic carbocycles. The first-order valence-corrected chi connectivity index (χ1v) is 11.6. The maximum Gasteiger partial charge on any atom is 0.183 e. The number of benzene rings is 3. The summed E-state index contributed by atoms with van der Waals surface area (Å²) in [6.45, 7) is 4.22. The maximum atomic E-state index is 4.90. The lowest BCUT2D eigenvalue weighted by molar-refractivity contribution is 0.589. The van der Waals surface area contributed by atoms with E-state index in [9.17, 15) is 0 Å². The number of hydrogen-bond donors (Lipinski definition) is 2. The van der Waals surface area contributed by atoms with Crippen molar-refractivity contribution in [3.8, 4) is 11.3 Å². The fraction of sp³-hybridized carbons (Fsp3) is 0.192. The SMILES string of the molecule is c1ccc(C(Nc2nc(-c3ccc(N4CCNCC4)cc3)cs2)c2ccccc2)cc1. The third-order valence-corrected chi connectivity index (χ3v) is 6.46. The van der Waals surface area contributed by atoms with E-state index in [0.717, 1.165) is 42.6 Å². The van der Waals surface area contributed by atoms with Gasteiger partial charge in [0, 0.05) is 42.8 Å². The summed E-state index contributed by atoms with van der Waals surface area (Å²) in [5, 5.41) is 10.1. The van der Waals surface area contributed by atoms with Crippen molar-refractivity contribution in [2.45, 2.75) is 6.04 Å². The third-order valence-electron chi connectivity index (χ3n) is 5.68. The van der Waals surface area contributed by atoms with Gasteiger partial charge in [0.1, 0.15) is 0 Å². The Balaban J connectivity index is 1.35. The second-order valence-electron chi connectivity index (χ2n) is 7.72. The molecule has 3 aromatic carbocycles. The first-order valence-electron chi connectivity index (χ1n) is 10.7. The van der Waals surface area contributed by atoms with E-state index in [0.29, 0.717) is 0 Å². The Morgan fingerprint density at radius 2 is 1.42 bits per heavy atom. The minimum atomic E-state index is 0.0662. The number of aromatic nitrogens is 1. The highest BCUT2D eigenvalue weighted by Gasteiger charge is 2.16. The van der Waals surface area contributed by atoms with Crippen LogP contribution in [0.4, 0.5) is 10.8 Å². The van der Waals surface area contributed by atoms with Gasteiger partial charge < -0.3 is 15.5 Å². The van der Waals surface area contributed by atoms with Gasteiger partial charge in [-0.25, -0.2) is 4.98 Å². The highest BCUT2D eigenvalue weighted by molar-refractivity contribution is 7.14. The summed E-state index contributed by atoms with van der Waals surface area (Å²) in [5.74, 6) is 0. The fourth-order valence-corrected chi connectivity index (χ4v) is 4.76. The van der Waals surface area contributed by atoms with Gasteiger partial charge in [0.05, 0.1) is 11.7 Å². The molecule has 2 N–H and O–H groups in total. The number of nitrogens with one attached hydrogen (secondary N) is 2. The van der Waals surface area contributed by atoms with Gasteiger partial charge in [0.15, 0.2) is 5.13 Å². The van der Waals surface area contributed by atoms with Gasteiger partial charge >= 0.3 is 0 Å². The van der Waals surface area contributed by atoms with Crippen LogP contribution in [0.15, 0.2) is 90.3 Å². The van der Waals surface area contributed by atoms with Crippen molar-refractivity contribution in [1.82, 2.24) is 10.3 Å². The molecule has 0 unspecified atom stereocenters. The van der Waals surface area contributed by atoms with Crippen molar-refractivity contribution in [1.29, 1.82) is 0 Å². The normalized spacial score (nSPS) is 14.0. The smallest absolute Gasteiger partial charge is 0.183 e. The van der Waals surface area contributed by atoms with E-state index in [-0.39, 0.29) is 6.04 Å². The zero-order valence-corrected chi connectivity index (χ0v) is 18.2. The summed E-state index contributed by atoms with van der Waals surface area (Å²) in [6.07, 6.45) is 0. The lowest BCUT2D eigenvalue weighted by Crippen LogP contribution is -2.43. The second-order valence-corrected chi connectivity index (χ2v) is 8.58. The predicted octanol–water partition coefficient (Wildman–Crippen LogP) is 5.42. The van der Waals surface area contributed by atoms with E-state index >= 15 is 0 Å². The van der Waals surface area contributed by atoms with Gasteiger partial charge in [-0.1, -0.05) is 72.8 Å². The average molecular weight is 427 g/mol. The molecular weight excluding hydrogens is 400 g/mol. The van der Waals surface area contributed by atoms with Gasteiger partial charge in [-0.2, -0.15) is 0 Å². The molecule has 31 heavy (non-hydrogen) atoms. The van der Waals surface area contributed by atoms with Crippen LogP contribution in [0, 0.1) is 0 Å². The summed E-state index contributed by atoms with van der Waals surface area (Å²) in [5.41, 5.74) is 5.90. The van der Waals surface area contributed by atoms with E-state index in [1.54, 1.807) is 11.3 Å². The Labute approximate surface area is 187 Å². The van der Waals surface area contributed by atoms with E-state index in [4.69, 9.17) is 4.98 Å². The molecule has 0 bridgehead atoms. The molecule has 156 valence electrons. The lowest BCUT2D eigenvalue weighted by Gasteiger charge is -2.29. The van der Waals surface area contributed by atoms with Crippen molar-refractivity contribution >= 4 is 22.2 Å². The number of nitrogens with zero attached hydrogens (tertiary/aromatic N) is 2. The zero-order chi connectivity index (χ0) is 20.9. The molecule has 4 nitrogen and oxygen atoms in total. The molecule has 4 aromatic rings. The van der Waals surface area contributed by atoms with Crippen molar-refractivity contribution in [2.75, 3.05) is 36.4 Å². The molecule has 1 fully saturated rings. The number of thiazole rings is 1. The molecule has 0 amide bonds. The van der Waals surface area contributed by atoms with Gasteiger partial charge in [0.2, 0.25) is 0 Å². The molecule has 5 rings (SSSR count). The summed E-state index contributed by atoms with van der Waals surface area (Å²) in [4.78, 5) is 7.33. The monoisotopic (exact) mass is 426 g/mol. The number of piperazine rings is 1. The third kappa shape index (κ3) is 4.63. The molecule has 0 radical (unpaired) electrons. The second kappa shape index (κ2) is 9.33. The Kier molecular flexibility index (Phi) is 5.96. The van der Waals surface area contributed by atoms with Gasteiger partial charge in [-0.3, -0.25) is 0 Å². The highest BCUT2D eigenvalue weighted by Crippen LogP contribution is 2.31. The number of hydrogen-bond acceptors (Lipinski definition) is 5. The van der Waals surface area contributed by atoms with E-state index < -0.39 is 0 Å². The minimum absolute atomic E-state index is 0.0662. The molecule has 1 aromatic heterocycles. The molecule has 0 spiro atoms. The summed E-state index contributed by atoms with van der Waals surface area (Å²) in [6, 6.07) is 29.9. The Hall–Kier alpha value is -3.15. The van der Waals surface area contributed by atoms with Crippen molar-refractivity contribution in [3.05, 3.63) is 101 Å². The van der Waals surface area contributed by atoms with Crippen LogP contribution in [0.2, 0.25) is 0 Å². The minimum Gasteiger partial charge on any atom is -0.369 e. The molecule has 1 aliphatic heterocycles. The van der Waals surface area contributed by atoms with Crippen LogP contribution >= 0.6 is 11.3 Å². The summed E-state index contributed by atoms with van der Waals surface area (Å²) in [7, 11) is 0. The Bertz CT molecular complexity index is 1050.